The highest BCUT2D eigenvalue weighted by Crippen LogP contribution is 2.55. The van der Waals surface area contributed by atoms with Gasteiger partial charge < -0.3 is 13.1 Å². The first-order valence-electron chi connectivity index (χ1n) is 9.37. The second-order valence-electron chi connectivity index (χ2n) is 10.8. The number of hydrogen-bond donors (Lipinski definition) is 0. The van der Waals surface area contributed by atoms with Crippen molar-refractivity contribution in [1.82, 2.24) is 4.90 Å². The summed E-state index contributed by atoms with van der Waals surface area (Å²) in [6, 6.07) is 0. The van der Waals surface area contributed by atoms with Crippen molar-refractivity contribution in [3.8, 4) is 0 Å². The molecule has 0 saturated heterocycles. The highest BCUT2D eigenvalue weighted by molar-refractivity contribution is 6.91. The molecule has 0 heterocycles. The van der Waals surface area contributed by atoms with Crippen molar-refractivity contribution in [2.45, 2.75) is 103 Å². The third-order valence-corrected chi connectivity index (χ3v) is 18.7. The minimum atomic E-state index is -2.24. The zero-order valence-corrected chi connectivity index (χ0v) is 22.0. The molecular weight excluding hydrogens is 346 g/mol. The van der Waals surface area contributed by atoms with E-state index in [0.29, 0.717) is 5.67 Å². The number of rotatable bonds is 7. The molecule has 0 aromatic rings. The predicted octanol–water partition coefficient (Wildman–Crippen LogP) is 5.98. The Morgan fingerprint density at radius 1 is 0.792 bits per heavy atom. The first kappa shape index (κ1) is 24.5. The highest BCUT2D eigenvalue weighted by Gasteiger charge is 2.62. The molecule has 3 nitrogen and oxygen atoms in total. The number of hydrogen-bond acceptors (Lipinski definition) is 3. The van der Waals surface area contributed by atoms with Crippen LogP contribution in [0.2, 0.25) is 42.8 Å². The lowest BCUT2D eigenvalue weighted by atomic mass is 10.2. The highest BCUT2D eigenvalue weighted by atomic mass is 28.5. The van der Waals surface area contributed by atoms with Crippen LogP contribution in [0.3, 0.4) is 0 Å². The average Bonchev–Trinajstić information content (AvgIpc) is 2.20. The molecule has 0 aliphatic carbocycles. The van der Waals surface area contributed by atoms with Crippen molar-refractivity contribution in [1.29, 1.82) is 0 Å². The maximum Gasteiger partial charge on any atom is 0.311 e. The fourth-order valence-corrected chi connectivity index (χ4v) is 22.7. The Bertz CT molecular complexity index is 390. The second-order valence-corrected chi connectivity index (χ2v) is 24.6. The Labute approximate surface area is 156 Å². The molecule has 0 radical (unpaired) electrons. The number of nitrogens with zero attached hydrogens (tertiary/aromatic N) is 1. The fourth-order valence-electron chi connectivity index (χ4n) is 4.66. The molecule has 146 valence electrons. The van der Waals surface area contributed by atoms with Crippen molar-refractivity contribution in [3.63, 3.8) is 0 Å². The molecule has 24 heavy (non-hydrogen) atoms. The lowest BCUT2D eigenvalue weighted by Gasteiger charge is -2.59. The van der Waals surface area contributed by atoms with Crippen LogP contribution in [0.4, 0.5) is 0 Å². The van der Waals surface area contributed by atoms with Crippen LogP contribution in [-0.4, -0.2) is 49.9 Å². The van der Waals surface area contributed by atoms with Gasteiger partial charge in [0.2, 0.25) is 8.32 Å². The average molecular weight is 392 g/mol. The third-order valence-electron chi connectivity index (χ3n) is 4.67. The molecule has 0 N–H and O–H groups in total. The molecule has 0 saturated carbocycles. The topological polar surface area (TPSA) is 21.7 Å². The quantitative estimate of drug-likeness (QED) is 0.498. The zero-order chi connectivity index (χ0) is 19.8. The van der Waals surface area contributed by atoms with E-state index in [2.05, 4.69) is 100 Å². The smallest absolute Gasteiger partial charge is 0.311 e. The van der Waals surface area contributed by atoms with Crippen LogP contribution in [0.25, 0.3) is 0 Å². The third kappa shape index (κ3) is 5.77. The normalized spacial score (nSPS) is 16.6. The van der Waals surface area contributed by atoms with Gasteiger partial charge in [-0.3, -0.25) is 0 Å². The molecule has 1 atom stereocenters. The Morgan fingerprint density at radius 2 is 1.17 bits per heavy atom. The monoisotopic (exact) mass is 391 g/mol. The van der Waals surface area contributed by atoms with E-state index in [9.17, 15) is 0 Å². The minimum absolute atomic E-state index is 0.128. The summed E-state index contributed by atoms with van der Waals surface area (Å²) < 4.78 is 13.9. The summed E-state index contributed by atoms with van der Waals surface area (Å²) in [6.07, 6.45) is 1.12. The Balaban J connectivity index is 6.33. The van der Waals surface area contributed by atoms with Crippen molar-refractivity contribution in [2.75, 3.05) is 14.1 Å². The van der Waals surface area contributed by atoms with Crippen molar-refractivity contribution < 1.29 is 8.23 Å². The Hall–Kier alpha value is 0.531. The molecule has 0 rings (SSSR count). The summed E-state index contributed by atoms with van der Waals surface area (Å²) in [5.41, 5.74) is 0.467. The van der Waals surface area contributed by atoms with Gasteiger partial charge in [-0.05, 0) is 63.3 Å². The van der Waals surface area contributed by atoms with Gasteiger partial charge in [0.05, 0.1) is 0 Å². The van der Waals surface area contributed by atoms with Gasteiger partial charge in [0.1, 0.15) is 0 Å². The van der Waals surface area contributed by atoms with Gasteiger partial charge >= 0.3 is 8.56 Å². The van der Waals surface area contributed by atoms with E-state index in [1.807, 2.05) is 0 Å². The zero-order valence-electron chi connectivity index (χ0n) is 19.0. The summed E-state index contributed by atoms with van der Waals surface area (Å²) in [5, 5.41) is 0.256. The van der Waals surface area contributed by atoms with Gasteiger partial charge in [0.25, 0.3) is 0 Å². The van der Waals surface area contributed by atoms with Gasteiger partial charge in [-0.1, -0.05) is 48.5 Å². The van der Waals surface area contributed by atoms with Gasteiger partial charge in [-0.25, -0.2) is 0 Å². The standard InChI is InChI=1S/C18H45NO2Si3/c1-15-16(19(8)9)24(17(2,3)4,18(5,6)7)21-23(13,14)20-22(10,11)12/h16H,15H2,1-14H3. The molecule has 0 bridgehead atoms. The molecular formula is C18H45NO2Si3. The molecule has 0 spiro atoms. The maximum atomic E-state index is 7.29. The molecule has 0 aliphatic rings. The largest absolute Gasteiger partial charge is 0.437 e. The molecule has 1 unspecified atom stereocenters. The van der Waals surface area contributed by atoms with Crippen LogP contribution in [0.15, 0.2) is 0 Å². The fraction of sp³-hybridized carbons (Fsp3) is 1.00. The molecule has 0 aliphatic heterocycles. The summed E-state index contributed by atoms with van der Waals surface area (Å²) in [4.78, 5) is 2.40. The van der Waals surface area contributed by atoms with E-state index >= 15 is 0 Å². The van der Waals surface area contributed by atoms with Crippen LogP contribution >= 0.6 is 0 Å². The first-order valence-corrected chi connectivity index (χ1v) is 17.6. The van der Waals surface area contributed by atoms with Gasteiger partial charge in [0, 0.05) is 5.67 Å². The van der Waals surface area contributed by atoms with Crippen LogP contribution in [0, 0.1) is 0 Å². The van der Waals surface area contributed by atoms with E-state index < -0.39 is 25.2 Å². The first-order chi connectivity index (χ1) is 10.3. The van der Waals surface area contributed by atoms with E-state index in [4.69, 9.17) is 8.23 Å². The predicted molar refractivity (Wildman–Crippen MR) is 116 cm³/mol. The summed E-state index contributed by atoms with van der Waals surface area (Å²) in [7, 11) is -1.67. The molecule has 0 fully saturated rings. The molecule has 0 aromatic carbocycles. The van der Waals surface area contributed by atoms with Crippen LogP contribution in [0.5, 0.6) is 0 Å². The van der Waals surface area contributed by atoms with Gasteiger partial charge in [0.15, 0.2) is 8.32 Å². The summed E-state index contributed by atoms with van der Waals surface area (Å²) in [5.74, 6) is 0. The van der Waals surface area contributed by atoms with Crippen LogP contribution in [0.1, 0.15) is 54.9 Å². The van der Waals surface area contributed by atoms with Crippen molar-refractivity contribution >= 4 is 25.2 Å². The van der Waals surface area contributed by atoms with Crippen molar-refractivity contribution in [2.24, 2.45) is 0 Å². The molecule has 6 heteroatoms. The van der Waals surface area contributed by atoms with Gasteiger partial charge in [-0.2, -0.15) is 0 Å². The summed E-state index contributed by atoms with van der Waals surface area (Å²) in [6.45, 7) is 27.9. The van der Waals surface area contributed by atoms with Gasteiger partial charge in [-0.15, -0.1) is 0 Å². The lowest BCUT2D eigenvalue weighted by molar-refractivity contribution is 0.263. The van der Waals surface area contributed by atoms with Crippen molar-refractivity contribution in [3.05, 3.63) is 0 Å². The Morgan fingerprint density at radius 3 is 1.38 bits per heavy atom. The lowest BCUT2D eigenvalue weighted by Crippen LogP contribution is -2.71. The van der Waals surface area contributed by atoms with Crippen LogP contribution in [-0.2, 0) is 8.23 Å². The maximum absolute atomic E-state index is 7.29. The molecule has 0 aromatic heterocycles. The second kappa shape index (κ2) is 7.64. The Kier molecular flexibility index (Phi) is 7.81. The SMILES string of the molecule is CCC(N(C)C)[Si](O[Si](C)(C)O[Si](C)(C)C)(C(C)(C)C)C(C)(C)C. The van der Waals surface area contributed by atoms with E-state index in [-0.39, 0.29) is 10.1 Å². The molecule has 0 amide bonds. The van der Waals surface area contributed by atoms with E-state index in [1.165, 1.54) is 0 Å². The van der Waals surface area contributed by atoms with Crippen LogP contribution < -0.4 is 0 Å². The van der Waals surface area contributed by atoms with E-state index in [1.54, 1.807) is 0 Å². The minimum Gasteiger partial charge on any atom is -0.437 e. The van der Waals surface area contributed by atoms with E-state index in [0.717, 1.165) is 6.42 Å². The summed E-state index contributed by atoms with van der Waals surface area (Å²) >= 11 is 0.